The van der Waals surface area contributed by atoms with Crippen LogP contribution in [0.3, 0.4) is 0 Å². The average molecular weight is 676 g/mol. The SMILES string of the molecule is c1ccc(C2=NC(c3ccc4c(c3)sc3cccc(-c5ccccc5-c5cccc6c5sc5ccccc56)c34)N=C(c3ccccc3)N2)cc1. The van der Waals surface area contributed by atoms with Crippen molar-refractivity contribution in [1.29, 1.82) is 0 Å². The van der Waals surface area contributed by atoms with Crippen molar-refractivity contribution in [2.45, 2.75) is 6.17 Å². The summed E-state index contributed by atoms with van der Waals surface area (Å²) < 4.78 is 5.17. The van der Waals surface area contributed by atoms with Gasteiger partial charge in [0.1, 0.15) is 11.7 Å². The number of hydrogen-bond acceptors (Lipinski definition) is 5. The first-order valence-corrected chi connectivity index (χ1v) is 18.4. The van der Waals surface area contributed by atoms with E-state index in [9.17, 15) is 0 Å². The number of amidine groups is 2. The van der Waals surface area contributed by atoms with Crippen molar-refractivity contribution in [2.75, 3.05) is 0 Å². The minimum Gasteiger partial charge on any atom is -0.324 e. The van der Waals surface area contributed by atoms with E-state index < -0.39 is 0 Å². The highest BCUT2D eigenvalue weighted by atomic mass is 32.1. The van der Waals surface area contributed by atoms with Gasteiger partial charge in [-0.1, -0.05) is 146 Å². The van der Waals surface area contributed by atoms with E-state index in [1.54, 1.807) is 0 Å². The van der Waals surface area contributed by atoms with E-state index in [2.05, 4.69) is 133 Å². The Bertz CT molecular complexity index is 2740. The lowest BCUT2D eigenvalue weighted by Crippen LogP contribution is -2.35. The van der Waals surface area contributed by atoms with Crippen molar-refractivity contribution in [1.82, 2.24) is 5.32 Å². The fourth-order valence-corrected chi connectivity index (χ4v) is 9.64. The fraction of sp³-hybridized carbons (Fsp3) is 0.0222. The molecule has 0 saturated carbocycles. The third kappa shape index (κ3) is 4.85. The van der Waals surface area contributed by atoms with Gasteiger partial charge in [-0.15, -0.1) is 22.7 Å². The van der Waals surface area contributed by atoms with Crippen LogP contribution in [0.15, 0.2) is 174 Å². The van der Waals surface area contributed by atoms with Gasteiger partial charge in [-0.3, -0.25) is 0 Å². The Hall–Kier alpha value is -5.88. The zero-order valence-corrected chi connectivity index (χ0v) is 28.5. The second kappa shape index (κ2) is 11.9. The summed E-state index contributed by atoms with van der Waals surface area (Å²) in [5.74, 6) is 1.65. The van der Waals surface area contributed by atoms with E-state index in [-0.39, 0.29) is 6.17 Å². The van der Waals surface area contributed by atoms with Crippen molar-refractivity contribution in [3.8, 4) is 22.3 Å². The first kappa shape index (κ1) is 29.1. The minimum absolute atomic E-state index is 0.363. The van der Waals surface area contributed by atoms with E-state index in [0.717, 1.165) is 28.4 Å². The smallest absolute Gasteiger partial charge is 0.169 e. The van der Waals surface area contributed by atoms with E-state index in [1.165, 1.54) is 62.6 Å². The van der Waals surface area contributed by atoms with E-state index in [1.807, 2.05) is 59.1 Å². The number of nitrogens with one attached hydrogen (secondary N) is 1. The Morgan fingerprint density at radius 2 is 1.00 bits per heavy atom. The monoisotopic (exact) mass is 675 g/mol. The molecule has 0 fully saturated rings. The van der Waals surface area contributed by atoms with E-state index in [0.29, 0.717) is 0 Å². The first-order valence-electron chi connectivity index (χ1n) is 16.8. The number of rotatable bonds is 5. The maximum atomic E-state index is 5.13. The maximum absolute atomic E-state index is 5.13. The van der Waals surface area contributed by atoms with Gasteiger partial charge < -0.3 is 5.32 Å². The number of nitrogens with zero attached hydrogens (tertiary/aromatic N) is 2. The number of thiophene rings is 2. The topological polar surface area (TPSA) is 36.8 Å². The molecule has 0 aliphatic carbocycles. The van der Waals surface area contributed by atoms with Crippen LogP contribution in [0, 0.1) is 0 Å². The Balaban J connectivity index is 1.11. The molecule has 9 aromatic rings. The van der Waals surface area contributed by atoms with Crippen LogP contribution in [0.5, 0.6) is 0 Å². The molecule has 3 nitrogen and oxygen atoms in total. The van der Waals surface area contributed by atoms with Crippen molar-refractivity contribution in [2.24, 2.45) is 9.98 Å². The zero-order valence-electron chi connectivity index (χ0n) is 26.9. The zero-order chi connectivity index (χ0) is 33.0. The molecule has 0 atom stereocenters. The van der Waals surface area contributed by atoms with Gasteiger partial charge in [0, 0.05) is 57.0 Å². The standard InChI is InChI=1S/C45H29N3S2/c1-3-13-28(14-4-1)43-46-44(29-15-5-2-6-16-29)48-45(47-43)30-25-26-37-40(27-30)49-39-24-12-20-34(41(37)39)31-17-7-8-18-32(31)35-21-11-22-36-33-19-9-10-23-38(33)50-42(35)36/h1-27,45H,(H,46,47,48). The highest BCUT2D eigenvalue weighted by Crippen LogP contribution is 2.46. The molecule has 1 N–H and O–H groups in total. The predicted molar refractivity (Wildman–Crippen MR) is 215 cm³/mol. The molecule has 2 aromatic heterocycles. The summed E-state index contributed by atoms with van der Waals surface area (Å²) in [6.07, 6.45) is -0.363. The number of fused-ring (bicyclic) bond motifs is 6. The van der Waals surface area contributed by atoms with Crippen LogP contribution in [0.25, 0.3) is 62.6 Å². The second-order valence-electron chi connectivity index (χ2n) is 12.5. The Labute approximate surface area is 297 Å². The average Bonchev–Trinajstić information content (AvgIpc) is 3.77. The van der Waals surface area contributed by atoms with Crippen LogP contribution in [-0.4, -0.2) is 11.7 Å². The molecular weight excluding hydrogens is 647 g/mol. The van der Waals surface area contributed by atoms with Gasteiger partial charge in [0.15, 0.2) is 6.17 Å². The Morgan fingerprint density at radius 3 is 1.76 bits per heavy atom. The molecular formula is C45H29N3S2. The molecule has 0 spiro atoms. The van der Waals surface area contributed by atoms with Gasteiger partial charge in [0.2, 0.25) is 0 Å². The van der Waals surface area contributed by atoms with Crippen LogP contribution in [0.4, 0.5) is 0 Å². The molecule has 50 heavy (non-hydrogen) atoms. The third-order valence-electron chi connectivity index (χ3n) is 9.57. The molecule has 1 aliphatic heterocycles. The summed E-state index contributed by atoms with van der Waals surface area (Å²) in [5.41, 5.74) is 8.20. The predicted octanol–water partition coefficient (Wildman–Crippen LogP) is 12.3. The highest BCUT2D eigenvalue weighted by molar-refractivity contribution is 7.26. The van der Waals surface area contributed by atoms with Gasteiger partial charge in [-0.2, -0.15) is 0 Å². The summed E-state index contributed by atoms with van der Waals surface area (Å²) in [5, 5.41) is 8.70. The lowest BCUT2D eigenvalue weighted by atomic mass is 9.91. The molecule has 0 amide bonds. The molecule has 236 valence electrons. The van der Waals surface area contributed by atoms with Crippen molar-refractivity contribution < 1.29 is 0 Å². The van der Waals surface area contributed by atoms with Gasteiger partial charge in [-0.25, -0.2) is 9.98 Å². The molecule has 5 heteroatoms. The maximum Gasteiger partial charge on any atom is 0.169 e. The number of benzene rings is 7. The van der Waals surface area contributed by atoms with Crippen LogP contribution in [0.2, 0.25) is 0 Å². The van der Waals surface area contributed by atoms with Crippen molar-refractivity contribution in [3.05, 3.63) is 180 Å². The molecule has 10 rings (SSSR count). The van der Waals surface area contributed by atoms with Gasteiger partial charge in [0.05, 0.1) is 0 Å². The molecule has 1 aliphatic rings. The first-order chi connectivity index (χ1) is 24.8. The molecule has 0 saturated heterocycles. The minimum atomic E-state index is -0.363. The number of aliphatic imine (C=N–C) groups is 2. The summed E-state index contributed by atoms with van der Waals surface area (Å²) >= 11 is 3.72. The Kier molecular flexibility index (Phi) is 6.93. The summed E-state index contributed by atoms with van der Waals surface area (Å²) in [7, 11) is 0. The van der Waals surface area contributed by atoms with Crippen LogP contribution < -0.4 is 5.32 Å². The van der Waals surface area contributed by atoms with Crippen molar-refractivity contribution >= 4 is 74.7 Å². The van der Waals surface area contributed by atoms with E-state index in [4.69, 9.17) is 9.98 Å². The number of hydrogen-bond donors (Lipinski definition) is 1. The normalized spacial score (nSPS) is 13.5. The summed E-state index contributed by atoms with van der Waals surface area (Å²) in [6, 6.07) is 58.5. The van der Waals surface area contributed by atoms with Crippen LogP contribution in [0.1, 0.15) is 22.9 Å². The molecule has 0 unspecified atom stereocenters. The third-order valence-corrected chi connectivity index (χ3v) is 11.9. The van der Waals surface area contributed by atoms with E-state index >= 15 is 0 Å². The lowest BCUT2D eigenvalue weighted by Gasteiger charge is -2.22. The molecule has 3 heterocycles. The molecule has 0 bridgehead atoms. The molecule has 0 radical (unpaired) electrons. The lowest BCUT2D eigenvalue weighted by molar-refractivity contribution is 0.757. The van der Waals surface area contributed by atoms with Crippen molar-refractivity contribution in [3.63, 3.8) is 0 Å². The second-order valence-corrected chi connectivity index (χ2v) is 14.7. The largest absolute Gasteiger partial charge is 0.324 e. The van der Waals surface area contributed by atoms with Crippen LogP contribution in [-0.2, 0) is 0 Å². The molecule has 7 aromatic carbocycles. The van der Waals surface area contributed by atoms with Gasteiger partial charge in [0.25, 0.3) is 0 Å². The highest BCUT2D eigenvalue weighted by Gasteiger charge is 2.22. The summed E-state index contributed by atoms with van der Waals surface area (Å²) in [6.45, 7) is 0. The Morgan fingerprint density at radius 1 is 0.420 bits per heavy atom. The van der Waals surface area contributed by atoms with Gasteiger partial charge >= 0.3 is 0 Å². The quantitative estimate of drug-likeness (QED) is 0.194. The fourth-order valence-electron chi connectivity index (χ4n) is 7.22. The van der Waals surface area contributed by atoms with Crippen LogP contribution >= 0.6 is 22.7 Å². The van der Waals surface area contributed by atoms with Gasteiger partial charge in [-0.05, 0) is 40.5 Å². The summed E-state index contributed by atoms with van der Waals surface area (Å²) in [4.78, 5) is 10.3.